The van der Waals surface area contributed by atoms with E-state index < -0.39 is 10.0 Å². The van der Waals surface area contributed by atoms with Crippen LogP contribution in [0.3, 0.4) is 0 Å². The average molecular weight is 545 g/mol. The van der Waals surface area contributed by atoms with E-state index in [0.717, 1.165) is 62.1 Å². The number of carbonyl (C=O) groups is 2. The zero-order valence-corrected chi connectivity index (χ0v) is 23.6. The molecule has 0 radical (unpaired) electrons. The fraction of sp³-hybridized carbons (Fsp3) is 0.643. The summed E-state index contributed by atoms with van der Waals surface area (Å²) in [6.45, 7) is 9.55. The van der Waals surface area contributed by atoms with Crippen LogP contribution in [-0.4, -0.2) is 84.7 Å². The Hall–Kier alpha value is -2.43. The zero-order chi connectivity index (χ0) is 27.0. The molecule has 2 saturated heterocycles. The molecule has 5 rings (SSSR count). The van der Waals surface area contributed by atoms with Gasteiger partial charge < -0.3 is 15.0 Å². The standard InChI is InChI=1S/C28H40N4O5S/c1-4-38(35,36)32-25-8-7-20(28(34)31-12-5-6-21(17-31)27(33)29-19(2)3)16-23(25)24-18-30(13-9-26(24)32)22-10-14-37-15-11-22/h7-8,16,19,21-22H,4-6,9-15,17-18H2,1-3H3,(H,29,33)/t21-/m0/s1. The highest BCUT2D eigenvalue weighted by molar-refractivity contribution is 7.90. The Labute approximate surface area is 225 Å². The van der Waals surface area contributed by atoms with E-state index in [-0.39, 0.29) is 29.5 Å². The second-order valence-corrected chi connectivity index (χ2v) is 13.2. The Bertz CT molecular complexity index is 1310. The number of fused-ring (bicyclic) bond motifs is 3. The third-order valence-corrected chi connectivity index (χ3v) is 9.94. The molecule has 3 aliphatic heterocycles. The van der Waals surface area contributed by atoms with Crippen LogP contribution in [0.1, 0.15) is 68.1 Å². The zero-order valence-electron chi connectivity index (χ0n) is 22.7. The van der Waals surface area contributed by atoms with Gasteiger partial charge in [0, 0.05) is 74.5 Å². The van der Waals surface area contributed by atoms with E-state index in [2.05, 4.69) is 10.2 Å². The van der Waals surface area contributed by atoms with Gasteiger partial charge in [-0.15, -0.1) is 0 Å². The molecular weight excluding hydrogens is 504 g/mol. The molecular formula is C28H40N4O5S. The van der Waals surface area contributed by atoms with Crippen molar-refractivity contribution in [3.05, 3.63) is 35.0 Å². The summed E-state index contributed by atoms with van der Waals surface area (Å²) >= 11 is 0. The molecule has 1 atom stereocenters. The highest BCUT2D eigenvalue weighted by Crippen LogP contribution is 2.35. The summed E-state index contributed by atoms with van der Waals surface area (Å²) in [4.78, 5) is 30.5. The average Bonchev–Trinajstić information content (AvgIpc) is 3.26. The van der Waals surface area contributed by atoms with Crippen LogP contribution in [-0.2, 0) is 32.5 Å². The van der Waals surface area contributed by atoms with Crippen molar-refractivity contribution in [3.63, 3.8) is 0 Å². The number of hydrogen-bond donors (Lipinski definition) is 1. The lowest BCUT2D eigenvalue weighted by Crippen LogP contribution is -2.46. The van der Waals surface area contributed by atoms with Gasteiger partial charge in [0.25, 0.3) is 5.91 Å². The molecule has 3 aliphatic rings. The van der Waals surface area contributed by atoms with E-state index in [0.29, 0.717) is 43.2 Å². The smallest absolute Gasteiger partial charge is 0.253 e. The summed E-state index contributed by atoms with van der Waals surface area (Å²) < 4.78 is 33.5. The van der Waals surface area contributed by atoms with Gasteiger partial charge in [0.05, 0.1) is 17.2 Å². The maximum atomic E-state index is 13.6. The molecule has 1 aromatic carbocycles. The Morgan fingerprint density at radius 3 is 2.61 bits per heavy atom. The minimum atomic E-state index is -3.51. The molecule has 1 aromatic heterocycles. The fourth-order valence-electron chi connectivity index (χ4n) is 6.24. The Morgan fingerprint density at radius 1 is 1.13 bits per heavy atom. The number of likely N-dealkylation sites (tertiary alicyclic amines) is 1. The Morgan fingerprint density at radius 2 is 1.89 bits per heavy atom. The number of aromatic nitrogens is 1. The van der Waals surface area contributed by atoms with E-state index in [1.807, 2.05) is 19.9 Å². The number of nitrogens with zero attached hydrogens (tertiary/aromatic N) is 3. The van der Waals surface area contributed by atoms with Gasteiger partial charge in [-0.25, -0.2) is 12.4 Å². The van der Waals surface area contributed by atoms with Crippen molar-refractivity contribution in [2.24, 2.45) is 5.92 Å². The SMILES string of the molecule is CCS(=O)(=O)n1c2c(c3cc(C(=O)N4CCC[C@H](C(=O)NC(C)C)C4)ccc31)CN(C1CCOCC1)CC2. The van der Waals surface area contributed by atoms with Gasteiger partial charge in [0.2, 0.25) is 15.9 Å². The van der Waals surface area contributed by atoms with Crippen molar-refractivity contribution in [1.29, 1.82) is 0 Å². The van der Waals surface area contributed by atoms with Gasteiger partial charge in [0.1, 0.15) is 0 Å². The first-order chi connectivity index (χ1) is 18.2. The maximum Gasteiger partial charge on any atom is 0.253 e. The molecule has 0 unspecified atom stereocenters. The molecule has 2 amide bonds. The fourth-order valence-corrected chi connectivity index (χ4v) is 7.50. The van der Waals surface area contributed by atoms with Gasteiger partial charge in [-0.1, -0.05) is 0 Å². The third kappa shape index (κ3) is 5.22. The van der Waals surface area contributed by atoms with Crippen LogP contribution >= 0.6 is 0 Å². The van der Waals surface area contributed by atoms with Crippen molar-refractivity contribution < 1.29 is 22.7 Å². The van der Waals surface area contributed by atoms with E-state index >= 15 is 0 Å². The molecule has 2 fully saturated rings. The molecule has 10 heteroatoms. The predicted molar refractivity (Wildman–Crippen MR) is 147 cm³/mol. The quantitative estimate of drug-likeness (QED) is 0.600. The maximum absolute atomic E-state index is 13.6. The molecule has 0 saturated carbocycles. The molecule has 0 aliphatic carbocycles. The van der Waals surface area contributed by atoms with Crippen LogP contribution in [0, 0.1) is 5.92 Å². The van der Waals surface area contributed by atoms with Crippen molar-refractivity contribution in [2.45, 2.75) is 71.5 Å². The van der Waals surface area contributed by atoms with Crippen LogP contribution in [0.4, 0.5) is 0 Å². The minimum Gasteiger partial charge on any atom is -0.381 e. The number of carbonyl (C=O) groups excluding carboxylic acids is 2. The van der Waals surface area contributed by atoms with Crippen LogP contribution < -0.4 is 5.32 Å². The molecule has 208 valence electrons. The molecule has 9 nitrogen and oxygen atoms in total. The summed E-state index contributed by atoms with van der Waals surface area (Å²) in [7, 11) is -3.51. The number of amides is 2. The van der Waals surface area contributed by atoms with E-state index in [1.165, 1.54) is 3.97 Å². The van der Waals surface area contributed by atoms with Crippen LogP contribution in [0.15, 0.2) is 18.2 Å². The highest BCUT2D eigenvalue weighted by atomic mass is 32.2. The number of rotatable bonds is 6. The second kappa shape index (κ2) is 11.0. The number of benzene rings is 1. The summed E-state index contributed by atoms with van der Waals surface area (Å²) in [5.74, 6) is -0.306. The monoisotopic (exact) mass is 544 g/mol. The molecule has 0 bridgehead atoms. The Kier molecular flexibility index (Phi) is 7.84. The lowest BCUT2D eigenvalue weighted by Gasteiger charge is -2.37. The van der Waals surface area contributed by atoms with Crippen LogP contribution in [0.25, 0.3) is 10.9 Å². The second-order valence-electron chi connectivity index (χ2n) is 11.1. The molecule has 2 aromatic rings. The molecule has 4 heterocycles. The largest absolute Gasteiger partial charge is 0.381 e. The first-order valence-corrected chi connectivity index (χ1v) is 15.6. The topological polar surface area (TPSA) is 101 Å². The van der Waals surface area contributed by atoms with Crippen LogP contribution in [0.5, 0.6) is 0 Å². The van der Waals surface area contributed by atoms with Crippen molar-refractivity contribution >= 4 is 32.7 Å². The first kappa shape index (κ1) is 27.1. The Balaban J connectivity index is 1.48. The number of hydrogen-bond acceptors (Lipinski definition) is 6. The van der Waals surface area contributed by atoms with E-state index in [1.54, 1.807) is 24.0 Å². The summed E-state index contributed by atoms with van der Waals surface area (Å²) in [6, 6.07) is 5.89. The van der Waals surface area contributed by atoms with Crippen molar-refractivity contribution in [3.8, 4) is 0 Å². The predicted octanol–water partition coefficient (Wildman–Crippen LogP) is 2.75. The number of ether oxygens (including phenoxy) is 1. The summed E-state index contributed by atoms with van der Waals surface area (Å²) in [5, 5.41) is 3.81. The molecule has 38 heavy (non-hydrogen) atoms. The summed E-state index contributed by atoms with van der Waals surface area (Å²) in [5.41, 5.74) is 3.05. The third-order valence-electron chi connectivity index (χ3n) is 8.24. The molecule has 1 N–H and O–H groups in total. The lowest BCUT2D eigenvalue weighted by molar-refractivity contribution is -0.126. The van der Waals surface area contributed by atoms with Gasteiger partial charge >= 0.3 is 0 Å². The number of nitrogens with one attached hydrogen (secondary N) is 1. The van der Waals surface area contributed by atoms with Gasteiger partial charge in [0.15, 0.2) is 0 Å². The lowest BCUT2D eigenvalue weighted by atomic mass is 9.95. The van der Waals surface area contributed by atoms with Crippen LogP contribution in [0.2, 0.25) is 0 Å². The number of piperidine rings is 1. The van der Waals surface area contributed by atoms with Crippen molar-refractivity contribution in [1.82, 2.24) is 19.1 Å². The molecule has 0 spiro atoms. The van der Waals surface area contributed by atoms with Gasteiger partial charge in [-0.3, -0.25) is 14.5 Å². The van der Waals surface area contributed by atoms with Crippen molar-refractivity contribution in [2.75, 3.05) is 38.6 Å². The van der Waals surface area contributed by atoms with Gasteiger partial charge in [-0.05, 0) is 70.2 Å². The van der Waals surface area contributed by atoms with E-state index in [9.17, 15) is 18.0 Å². The highest BCUT2D eigenvalue weighted by Gasteiger charge is 2.33. The first-order valence-electron chi connectivity index (χ1n) is 14.0. The van der Waals surface area contributed by atoms with Gasteiger partial charge in [-0.2, -0.15) is 0 Å². The normalized spacial score (nSPS) is 21.6. The summed E-state index contributed by atoms with van der Waals surface area (Å²) in [6.07, 6.45) is 4.17. The van der Waals surface area contributed by atoms with E-state index in [4.69, 9.17) is 4.74 Å². The minimum absolute atomic E-state index is 0.00271.